The Morgan fingerprint density at radius 1 is 1.23 bits per heavy atom. The summed E-state index contributed by atoms with van der Waals surface area (Å²) in [5, 5.41) is 9.02. The van der Waals surface area contributed by atoms with Gasteiger partial charge in [0.1, 0.15) is 22.3 Å². The van der Waals surface area contributed by atoms with Crippen molar-refractivity contribution in [2.75, 3.05) is 6.61 Å². The minimum atomic E-state index is -1.16. The molecule has 2 N–H and O–H groups in total. The van der Waals surface area contributed by atoms with Gasteiger partial charge in [-0.2, -0.15) is 0 Å². The minimum Gasteiger partial charge on any atom is -0.488 e. The molecule has 0 bridgehead atoms. The van der Waals surface area contributed by atoms with Gasteiger partial charge < -0.3 is 9.84 Å². The maximum atomic E-state index is 12.3. The average molecular weight is 325 g/mol. The molecule has 0 aromatic heterocycles. The molecule has 1 aromatic rings. The Morgan fingerprint density at radius 3 is 2.45 bits per heavy atom. The third-order valence-electron chi connectivity index (χ3n) is 4.02. The molecule has 22 heavy (non-hydrogen) atoms. The highest BCUT2D eigenvalue weighted by atomic mass is 32.2. The van der Waals surface area contributed by atoms with E-state index in [4.69, 9.17) is 9.84 Å². The van der Waals surface area contributed by atoms with Crippen molar-refractivity contribution in [3.8, 4) is 5.75 Å². The van der Waals surface area contributed by atoms with Gasteiger partial charge in [-0.25, -0.2) is 8.93 Å². The number of aliphatic hydroxyl groups is 1. The van der Waals surface area contributed by atoms with E-state index in [1.807, 2.05) is 38.1 Å². The van der Waals surface area contributed by atoms with Crippen molar-refractivity contribution in [3.05, 3.63) is 24.3 Å². The highest BCUT2D eigenvalue weighted by Gasteiger charge is 2.19. The first-order valence-corrected chi connectivity index (χ1v) is 9.23. The Bertz CT molecular complexity index is 481. The highest BCUT2D eigenvalue weighted by Crippen LogP contribution is 2.23. The van der Waals surface area contributed by atoms with Crippen molar-refractivity contribution in [2.24, 2.45) is 0 Å². The topological polar surface area (TPSA) is 58.6 Å². The van der Waals surface area contributed by atoms with Gasteiger partial charge in [0.15, 0.2) is 0 Å². The summed E-state index contributed by atoms with van der Waals surface area (Å²) in [4.78, 5) is 0.776. The Hall–Kier alpha value is -0.910. The maximum Gasteiger partial charge on any atom is 0.125 e. The van der Waals surface area contributed by atoms with Crippen LogP contribution in [0.4, 0.5) is 0 Å². The van der Waals surface area contributed by atoms with Crippen molar-refractivity contribution in [3.63, 3.8) is 0 Å². The van der Waals surface area contributed by atoms with Gasteiger partial charge >= 0.3 is 0 Å². The van der Waals surface area contributed by atoms with Gasteiger partial charge in [-0.3, -0.25) is 0 Å². The van der Waals surface area contributed by atoms with Crippen LogP contribution in [-0.4, -0.2) is 27.6 Å². The fourth-order valence-electron chi connectivity index (χ4n) is 2.71. The van der Waals surface area contributed by atoms with Crippen molar-refractivity contribution in [1.29, 1.82) is 0 Å². The van der Waals surface area contributed by atoms with Gasteiger partial charge in [0.05, 0.1) is 4.90 Å². The first-order valence-electron chi connectivity index (χ1n) is 8.08. The van der Waals surface area contributed by atoms with Gasteiger partial charge in [0.25, 0.3) is 0 Å². The molecule has 1 aliphatic carbocycles. The monoisotopic (exact) mass is 325 g/mol. The maximum absolute atomic E-state index is 12.3. The van der Waals surface area contributed by atoms with Crippen LogP contribution >= 0.6 is 0 Å². The molecule has 1 unspecified atom stereocenters. The van der Waals surface area contributed by atoms with Crippen LogP contribution in [0, 0.1) is 0 Å². The molecule has 1 atom stereocenters. The lowest BCUT2D eigenvalue weighted by Crippen LogP contribution is -2.32. The van der Waals surface area contributed by atoms with Crippen molar-refractivity contribution < 1.29 is 14.1 Å². The van der Waals surface area contributed by atoms with E-state index in [-0.39, 0.29) is 6.61 Å². The molecule has 0 aliphatic heterocycles. The van der Waals surface area contributed by atoms with Crippen LogP contribution in [0.2, 0.25) is 0 Å². The summed E-state index contributed by atoms with van der Waals surface area (Å²) in [6, 6.07) is 7.74. The quantitative estimate of drug-likeness (QED) is 0.809. The van der Waals surface area contributed by atoms with Crippen LogP contribution in [0.5, 0.6) is 5.75 Å². The van der Waals surface area contributed by atoms with E-state index in [2.05, 4.69) is 4.72 Å². The second-order valence-electron chi connectivity index (χ2n) is 6.53. The number of hydrogen-bond donors (Lipinski definition) is 2. The molecule has 124 valence electrons. The van der Waals surface area contributed by atoms with Crippen LogP contribution in [0.1, 0.15) is 52.4 Å². The Morgan fingerprint density at radius 2 is 1.86 bits per heavy atom. The fourth-order valence-corrected chi connectivity index (χ4v) is 3.77. The van der Waals surface area contributed by atoms with Gasteiger partial charge in [-0.15, -0.1) is 0 Å². The lowest BCUT2D eigenvalue weighted by atomic mass is 9.96. The molecular formula is C17H27NO3S. The van der Waals surface area contributed by atoms with E-state index in [0.717, 1.165) is 23.5 Å². The van der Waals surface area contributed by atoms with Crippen molar-refractivity contribution >= 4 is 11.0 Å². The molecule has 1 aromatic carbocycles. The number of hydrogen-bond acceptors (Lipinski definition) is 3. The second-order valence-corrected chi connectivity index (χ2v) is 7.77. The van der Waals surface area contributed by atoms with E-state index in [1.54, 1.807) is 0 Å². The third kappa shape index (κ3) is 5.38. The Balaban J connectivity index is 1.91. The van der Waals surface area contributed by atoms with E-state index >= 15 is 0 Å². The van der Waals surface area contributed by atoms with Gasteiger partial charge in [0, 0.05) is 19.1 Å². The summed E-state index contributed by atoms with van der Waals surface area (Å²) in [5.41, 5.74) is -0.407. The zero-order valence-corrected chi connectivity index (χ0v) is 14.3. The van der Waals surface area contributed by atoms with Crippen LogP contribution in [0.25, 0.3) is 0 Å². The van der Waals surface area contributed by atoms with Crippen LogP contribution in [0.3, 0.4) is 0 Å². The number of ether oxygens (including phenoxy) is 1. The number of aliphatic hydroxyl groups excluding tert-OH is 1. The SMILES string of the molecule is CC(C)(CCO)Oc1ccc(S(=O)NC2CCCCC2)cc1. The molecule has 0 radical (unpaired) electrons. The van der Waals surface area contributed by atoms with E-state index in [1.165, 1.54) is 19.3 Å². The number of rotatable bonds is 7. The molecule has 4 nitrogen and oxygen atoms in total. The van der Waals surface area contributed by atoms with Crippen LogP contribution < -0.4 is 9.46 Å². The summed E-state index contributed by atoms with van der Waals surface area (Å²) in [5.74, 6) is 0.733. The highest BCUT2D eigenvalue weighted by molar-refractivity contribution is 7.83. The second kappa shape index (κ2) is 8.09. The zero-order valence-electron chi connectivity index (χ0n) is 13.5. The minimum absolute atomic E-state index is 0.0976. The molecule has 1 saturated carbocycles. The van der Waals surface area contributed by atoms with E-state index in [9.17, 15) is 4.21 Å². The number of nitrogens with one attached hydrogen (secondary N) is 1. The molecule has 1 fully saturated rings. The van der Waals surface area contributed by atoms with Crippen LogP contribution in [0.15, 0.2) is 29.2 Å². The Labute approximate surface area is 135 Å². The smallest absolute Gasteiger partial charge is 0.125 e. The lowest BCUT2D eigenvalue weighted by molar-refractivity contribution is 0.0764. The molecule has 0 heterocycles. The molecule has 0 amide bonds. The summed E-state index contributed by atoms with van der Waals surface area (Å²) in [6.07, 6.45) is 6.54. The molecule has 2 rings (SSSR count). The molecular weight excluding hydrogens is 298 g/mol. The van der Waals surface area contributed by atoms with E-state index in [0.29, 0.717) is 12.5 Å². The molecule has 5 heteroatoms. The molecule has 1 aliphatic rings. The third-order valence-corrected chi connectivity index (χ3v) is 5.27. The van der Waals surface area contributed by atoms with Gasteiger partial charge in [0.2, 0.25) is 0 Å². The fraction of sp³-hybridized carbons (Fsp3) is 0.647. The summed E-state index contributed by atoms with van der Waals surface area (Å²) < 4.78 is 21.4. The largest absolute Gasteiger partial charge is 0.488 e. The predicted octanol–water partition coefficient (Wildman–Crippen LogP) is 3.17. The normalized spacial score (nSPS) is 18.1. The van der Waals surface area contributed by atoms with Crippen molar-refractivity contribution in [1.82, 2.24) is 4.72 Å². The molecule has 0 spiro atoms. The van der Waals surface area contributed by atoms with Gasteiger partial charge in [-0.1, -0.05) is 19.3 Å². The molecule has 0 saturated heterocycles. The number of benzene rings is 1. The zero-order chi connectivity index (χ0) is 16.0. The first kappa shape index (κ1) is 17.4. The standard InChI is InChI=1S/C17H27NO3S/c1-17(2,12-13-19)21-15-8-10-16(11-9-15)22(20)18-14-6-4-3-5-7-14/h8-11,14,18-19H,3-7,12-13H2,1-2H3. The van der Waals surface area contributed by atoms with Crippen LogP contribution in [-0.2, 0) is 11.0 Å². The predicted molar refractivity (Wildman–Crippen MR) is 89.3 cm³/mol. The Kier molecular flexibility index (Phi) is 6.41. The lowest BCUT2D eigenvalue weighted by Gasteiger charge is -2.25. The average Bonchev–Trinajstić information content (AvgIpc) is 2.48. The summed E-state index contributed by atoms with van der Waals surface area (Å²) in [7, 11) is -1.16. The summed E-state index contributed by atoms with van der Waals surface area (Å²) >= 11 is 0. The summed E-state index contributed by atoms with van der Waals surface area (Å²) in [6.45, 7) is 3.99. The van der Waals surface area contributed by atoms with E-state index < -0.39 is 16.6 Å². The first-order chi connectivity index (χ1) is 10.5. The van der Waals surface area contributed by atoms with Crippen molar-refractivity contribution in [2.45, 2.75) is 68.9 Å². The van der Waals surface area contributed by atoms with Gasteiger partial charge in [-0.05, 0) is 51.0 Å².